The molecule has 0 fully saturated rings. The summed E-state index contributed by atoms with van der Waals surface area (Å²) in [6.07, 6.45) is 1.67. The van der Waals surface area contributed by atoms with Gasteiger partial charge < -0.3 is 11.1 Å². The molecule has 0 saturated heterocycles. The first-order chi connectivity index (χ1) is 6.95. The maximum absolute atomic E-state index is 11.0. The summed E-state index contributed by atoms with van der Waals surface area (Å²) < 4.78 is 22.0. The minimum absolute atomic E-state index is 0.00385. The third kappa shape index (κ3) is 2.97. The van der Waals surface area contributed by atoms with Gasteiger partial charge in [-0.25, -0.2) is 13.6 Å². The molecule has 6 heteroatoms. The van der Waals surface area contributed by atoms with E-state index in [9.17, 15) is 8.42 Å². The molecule has 1 aromatic carbocycles. The molecule has 0 saturated carbocycles. The first kappa shape index (κ1) is 11.5. The van der Waals surface area contributed by atoms with Gasteiger partial charge in [0.2, 0.25) is 10.0 Å². The zero-order valence-electron chi connectivity index (χ0n) is 8.10. The summed E-state index contributed by atoms with van der Waals surface area (Å²) in [7, 11) is -3.69. The Bertz CT molecular complexity index is 468. The van der Waals surface area contributed by atoms with Crippen LogP contribution in [0.25, 0.3) is 0 Å². The molecule has 0 bridgehead atoms. The largest absolute Gasteiger partial charge is 0.397 e. The van der Waals surface area contributed by atoms with Crippen molar-refractivity contribution in [3.05, 3.63) is 30.9 Å². The van der Waals surface area contributed by atoms with E-state index in [4.69, 9.17) is 10.9 Å². The number of primary sulfonamides is 1. The zero-order chi connectivity index (χ0) is 11.5. The summed E-state index contributed by atoms with van der Waals surface area (Å²) >= 11 is 0. The van der Waals surface area contributed by atoms with Crippen molar-refractivity contribution in [3.8, 4) is 0 Å². The molecule has 0 aliphatic rings. The van der Waals surface area contributed by atoms with Crippen molar-refractivity contribution in [3.63, 3.8) is 0 Å². The van der Waals surface area contributed by atoms with Crippen LogP contribution in [-0.4, -0.2) is 15.0 Å². The third-order valence-electron chi connectivity index (χ3n) is 1.79. The summed E-state index contributed by atoms with van der Waals surface area (Å²) in [5, 5.41) is 7.92. The van der Waals surface area contributed by atoms with Crippen LogP contribution in [0.3, 0.4) is 0 Å². The normalized spacial score (nSPS) is 11.0. The monoisotopic (exact) mass is 227 g/mol. The molecule has 0 aliphatic carbocycles. The molecule has 0 heterocycles. The Morgan fingerprint density at radius 1 is 1.47 bits per heavy atom. The van der Waals surface area contributed by atoms with Gasteiger partial charge in [0.15, 0.2) is 0 Å². The van der Waals surface area contributed by atoms with Gasteiger partial charge in [-0.05, 0) is 18.2 Å². The Labute approximate surface area is 88.8 Å². The molecule has 0 amide bonds. The van der Waals surface area contributed by atoms with Crippen molar-refractivity contribution in [2.75, 3.05) is 17.6 Å². The van der Waals surface area contributed by atoms with Crippen molar-refractivity contribution in [2.24, 2.45) is 5.14 Å². The van der Waals surface area contributed by atoms with Gasteiger partial charge in [0.05, 0.1) is 16.3 Å². The number of anilines is 2. The number of sulfonamides is 1. The lowest BCUT2D eigenvalue weighted by molar-refractivity contribution is 0.598. The van der Waals surface area contributed by atoms with Gasteiger partial charge in [-0.3, -0.25) is 0 Å². The van der Waals surface area contributed by atoms with Crippen LogP contribution in [0.15, 0.2) is 35.7 Å². The number of nitrogens with two attached hydrogens (primary N) is 2. The van der Waals surface area contributed by atoms with Crippen LogP contribution in [0.1, 0.15) is 0 Å². The first-order valence-electron chi connectivity index (χ1n) is 4.22. The van der Waals surface area contributed by atoms with E-state index in [0.29, 0.717) is 17.9 Å². The predicted octanol–water partition coefficient (Wildman–Crippen LogP) is 0.514. The summed E-state index contributed by atoms with van der Waals surface area (Å²) in [5.41, 5.74) is 6.63. The SMILES string of the molecule is C=CCNc1ccc(S(N)(=O)=O)cc1N. The van der Waals surface area contributed by atoms with E-state index >= 15 is 0 Å². The highest BCUT2D eigenvalue weighted by Gasteiger charge is 2.09. The average Bonchev–Trinajstić information content (AvgIpc) is 2.14. The van der Waals surface area contributed by atoms with Crippen LogP contribution < -0.4 is 16.2 Å². The topological polar surface area (TPSA) is 98.2 Å². The van der Waals surface area contributed by atoms with Crippen LogP contribution in [0.5, 0.6) is 0 Å². The van der Waals surface area contributed by atoms with Crippen molar-refractivity contribution >= 4 is 21.4 Å². The molecule has 0 unspecified atom stereocenters. The third-order valence-corrected chi connectivity index (χ3v) is 2.70. The Kier molecular flexibility index (Phi) is 3.33. The summed E-state index contributed by atoms with van der Waals surface area (Å²) in [4.78, 5) is 0.00385. The standard InChI is InChI=1S/C9H13N3O2S/c1-2-5-12-9-4-3-7(6-8(9)10)15(11,13)14/h2-4,6,12H,1,5,10H2,(H2,11,13,14). The second-order valence-electron chi connectivity index (χ2n) is 2.96. The van der Waals surface area contributed by atoms with E-state index in [0.717, 1.165) is 0 Å². The molecule has 1 aromatic rings. The average molecular weight is 227 g/mol. The lowest BCUT2D eigenvalue weighted by Gasteiger charge is -2.08. The molecule has 5 N–H and O–H groups in total. The number of hydrogen-bond donors (Lipinski definition) is 3. The lowest BCUT2D eigenvalue weighted by Crippen LogP contribution is -2.13. The molecule has 15 heavy (non-hydrogen) atoms. The van der Waals surface area contributed by atoms with E-state index in [2.05, 4.69) is 11.9 Å². The van der Waals surface area contributed by atoms with Gasteiger partial charge >= 0.3 is 0 Å². The second kappa shape index (κ2) is 4.33. The number of nitrogen functional groups attached to an aromatic ring is 1. The van der Waals surface area contributed by atoms with Gasteiger partial charge in [-0.15, -0.1) is 6.58 Å². The van der Waals surface area contributed by atoms with E-state index in [1.807, 2.05) is 0 Å². The van der Waals surface area contributed by atoms with Crippen molar-refractivity contribution in [1.82, 2.24) is 0 Å². The number of benzene rings is 1. The van der Waals surface area contributed by atoms with Crippen LogP contribution in [0.4, 0.5) is 11.4 Å². The quantitative estimate of drug-likeness (QED) is 0.515. The van der Waals surface area contributed by atoms with Crippen LogP contribution in [0.2, 0.25) is 0 Å². The molecule has 82 valence electrons. The molecule has 0 spiro atoms. The highest BCUT2D eigenvalue weighted by Crippen LogP contribution is 2.21. The lowest BCUT2D eigenvalue weighted by atomic mass is 10.2. The first-order valence-corrected chi connectivity index (χ1v) is 5.77. The molecular formula is C9H13N3O2S. The van der Waals surface area contributed by atoms with E-state index < -0.39 is 10.0 Å². The minimum atomic E-state index is -3.69. The van der Waals surface area contributed by atoms with E-state index in [1.54, 1.807) is 12.1 Å². The predicted molar refractivity (Wildman–Crippen MR) is 60.9 cm³/mol. The fourth-order valence-electron chi connectivity index (χ4n) is 1.06. The molecule has 0 aliphatic heterocycles. The molecule has 1 rings (SSSR count). The Balaban J connectivity index is 3.03. The van der Waals surface area contributed by atoms with Crippen molar-refractivity contribution < 1.29 is 8.42 Å². The van der Waals surface area contributed by atoms with E-state index in [-0.39, 0.29) is 4.90 Å². The van der Waals surface area contributed by atoms with Gasteiger partial charge in [-0.1, -0.05) is 6.08 Å². The maximum Gasteiger partial charge on any atom is 0.238 e. The number of nitrogens with one attached hydrogen (secondary N) is 1. The second-order valence-corrected chi connectivity index (χ2v) is 4.53. The van der Waals surface area contributed by atoms with Gasteiger partial charge in [0, 0.05) is 6.54 Å². The Hall–Kier alpha value is -1.53. The fourth-order valence-corrected chi connectivity index (χ4v) is 1.61. The maximum atomic E-state index is 11.0. The minimum Gasteiger partial charge on any atom is -0.397 e. The van der Waals surface area contributed by atoms with Crippen LogP contribution in [-0.2, 0) is 10.0 Å². The molecule has 0 atom stereocenters. The Morgan fingerprint density at radius 2 is 2.13 bits per heavy atom. The summed E-state index contributed by atoms with van der Waals surface area (Å²) in [6, 6.07) is 4.29. The van der Waals surface area contributed by atoms with Gasteiger partial charge in [-0.2, -0.15) is 0 Å². The molecule has 5 nitrogen and oxygen atoms in total. The van der Waals surface area contributed by atoms with Crippen LogP contribution in [0, 0.1) is 0 Å². The van der Waals surface area contributed by atoms with Gasteiger partial charge in [0.25, 0.3) is 0 Å². The number of rotatable bonds is 4. The molecular weight excluding hydrogens is 214 g/mol. The highest BCUT2D eigenvalue weighted by atomic mass is 32.2. The summed E-state index contributed by atoms with van der Waals surface area (Å²) in [5.74, 6) is 0. The summed E-state index contributed by atoms with van der Waals surface area (Å²) in [6.45, 7) is 4.10. The van der Waals surface area contributed by atoms with E-state index in [1.165, 1.54) is 12.1 Å². The Morgan fingerprint density at radius 3 is 2.60 bits per heavy atom. The number of hydrogen-bond acceptors (Lipinski definition) is 4. The molecule has 0 aromatic heterocycles. The van der Waals surface area contributed by atoms with Crippen molar-refractivity contribution in [1.29, 1.82) is 0 Å². The fraction of sp³-hybridized carbons (Fsp3) is 0.111. The van der Waals surface area contributed by atoms with Crippen LogP contribution >= 0.6 is 0 Å². The smallest absolute Gasteiger partial charge is 0.238 e. The van der Waals surface area contributed by atoms with Crippen molar-refractivity contribution in [2.45, 2.75) is 4.90 Å². The zero-order valence-corrected chi connectivity index (χ0v) is 8.92. The van der Waals surface area contributed by atoms with Gasteiger partial charge in [0.1, 0.15) is 0 Å². The highest BCUT2D eigenvalue weighted by molar-refractivity contribution is 7.89. The molecule has 0 radical (unpaired) electrons.